The molecule has 0 radical (unpaired) electrons. The molecule has 1 aliphatic rings. The Bertz CT molecular complexity index is 320. The molecule has 2 atom stereocenters. The summed E-state index contributed by atoms with van der Waals surface area (Å²) in [6.45, 7) is 9.26. The standard InChI is InChI=1S/C14H26O4/c1-6-14(17,7-2)13(5)9-8-10(11(15)16)12(3,4)18-13/h10,17H,6-9H2,1-5H3,(H,15,16)/p-1/t10-,13+/m1/s1. The van der Waals surface area contributed by atoms with Crippen molar-refractivity contribution in [3.05, 3.63) is 0 Å². The van der Waals surface area contributed by atoms with Crippen LogP contribution in [-0.4, -0.2) is 27.9 Å². The van der Waals surface area contributed by atoms with Gasteiger partial charge in [0.1, 0.15) is 0 Å². The van der Waals surface area contributed by atoms with Crippen LogP contribution >= 0.6 is 0 Å². The van der Waals surface area contributed by atoms with Gasteiger partial charge in [0.15, 0.2) is 0 Å². The van der Waals surface area contributed by atoms with Gasteiger partial charge >= 0.3 is 0 Å². The Morgan fingerprint density at radius 2 is 1.89 bits per heavy atom. The van der Waals surface area contributed by atoms with E-state index in [1.807, 2.05) is 20.8 Å². The number of aliphatic carboxylic acids is 1. The molecular weight excluding hydrogens is 232 g/mol. The third-order valence-corrected chi connectivity index (χ3v) is 4.68. The predicted molar refractivity (Wildman–Crippen MR) is 66.8 cm³/mol. The summed E-state index contributed by atoms with van der Waals surface area (Å²) < 4.78 is 6.01. The lowest BCUT2D eigenvalue weighted by molar-refractivity contribution is -0.331. The van der Waals surface area contributed by atoms with Crippen molar-refractivity contribution in [1.82, 2.24) is 0 Å². The molecule has 1 heterocycles. The highest BCUT2D eigenvalue weighted by atomic mass is 16.5. The monoisotopic (exact) mass is 257 g/mol. The van der Waals surface area contributed by atoms with E-state index >= 15 is 0 Å². The highest BCUT2D eigenvalue weighted by Crippen LogP contribution is 2.46. The van der Waals surface area contributed by atoms with Crippen LogP contribution in [0.4, 0.5) is 0 Å². The van der Waals surface area contributed by atoms with Gasteiger partial charge in [-0.2, -0.15) is 0 Å². The summed E-state index contributed by atoms with van der Waals surface area (Å²) >= 11 is 0. The highest BCUT2D eigenvalue weighted by molar-refractivity contribution is 5.69. The maximum absolute atomic E-state index is 11.1. The van der Waals surface area contributed by atoms with Gasteiger partial charge in [-0.05, 0) is 46.5 Å². The number of carbonyl (C=O) groups excluding carboxylic acids is 1. The van der Waals surface area contributed by atoms with Crippen LogP contribution < -0.4 is 5.11 Å². The van der Waals surface area contributed by atoms with E-state index in [4.69, 9.17) is 4.74 Å². The highest BCUT2D eigenvalue weighted by Gasteiger charge is 2.53. The van der Waals surface area contributed by atoms with Crippen LogP contribution in [0.25, 0.3) is 0 Å². The summed E-state index contributed by atoms with van der Waals surface area (Å²) in [5.41, 5.74) is -2.43. The van der Waals surface area contributed by atoms with Crippen LogP contribution in [0.3, 0.4) is 0 Å². The van der Waals surface area contributed by atoms with Crippen molar-refractivity contribution in [2.75, 3.05) is 0 Å². The fourth-order valence-corrected chi connectivity index (χ4v) is 3.20. The van der Waals surface area contributed by atoms with E-state index in [0.717, 1.165) is 0 Å². The van der Waals surface area contributed by atoms with Gasteiger partial charge in [-0.25, -0.2) is 0 Å². The number of ether oxygens (including phenoxy) is 1. The number of carboxylic acids is 1. The van der Waals surface area contributed by atoms with Crippen LogP contribution in [0.2, 0.25) is 0 Å². The molecule has 18 heavy (non-hydrogen) atoms. The number of carboxylic acid groups (broad SMARTS) is 1. The third kappa shape index (κ3) is 2.41. The van der Waals surface area contributed by atoms with Crippen molar-refractivity contribution in [1.29, 1.82) is 0 Å². The molecule has 1 aliphatic heterocycles. The van der Waals surface area contributed by atoms with Gasteiger partial charge < -0.3 is 19.7 Å². The fraction of sp³-hybridized carbons (Fsp3) is 0.929. The van der Waals surface area contributed by atoms with E-state index in [-0.39, 0.29) is 0 Å². The second kappa shape index (κ2) is 4.82. The van der Waals surface area contributed by atoms with E-state index in [0.29, 0.717) is 25.7 Å². The van der Waals surface area contributed by atoms with Gasteiger partial charge in [0, 0.05) is 11.9 Å². The fourth-order valence-electron chi connectivity index (χ4n) is 3.20. The SMILES string of the molecule is CCC(O)(CC)[C@]1(C)CC[C@H](C(=O)[O-])C(C)(C)O1. The van der Waals surface area contributed by atoms with Crippen LogP contribution in [0.1, 0.15) is 60.3 Å². The molecule has 0 unspecified atom stereocenters. The van der Waals surface area contributed by atoms with Gasteiger partial charge in [-0.3, -0.25) is 0 Å². The van der Waals surface area contributed by atoms with Crippen molar-refractivity contribution in [3.8, 4) is 0 Å². The summed E-state index contributed by atoms with van der Waals surface area (Å²) in [4.78, 5) is 11.1. The van der Waals surface area contributed by atoms with Gasteiger partial charge in [0.25, 0.3) is 0 Å². The normalized spacial score (nSPS) is 32.2. The Kier molecular flexibility index (Phi) is 4.13. The maximum Gasteiger partial charge on any atom is 0.0947 e. The minimum absolute atomic E-state index is 0.480. The minimum Gasteiger partial charge on any atom is -0.550 e. The molecule has 1 N–H and O–H groups in total. The molecule has 4 nitrogen and oxygen atoms in total. The molecule has 106 valence electrons. The van der Waals surface area contributed by atoms with Crippen LogP contribution in [0, 0.1) is 5.92 Å². The second-order valence-electron chi connectivity index (χ2n) is 6.09. The molecule has 1 rings (SSSR count). The molecule has 0 aromatic rings. The molecule has 0 spiro atoms. The van der Waals surface area contributed by atoms with E-state index in [2.05, 4.69) is 0 Å². The average Bonchev–Trinajstić information content (AvgIpc) is 2.25. The third-order valence-electron chi connectivity index (χ3n) is 4.68. The molecule has 0 bridgehead atoms. The Morgan fingerprint density at radius 3 is 2.22 bits per heavy atom. The number of hydrogen-bond donors (Lipinski definition) is 1. The first-order valence-corrected chi connectivity index (χ1v) is 6.75. The van der Waals surface area contributed by atoms with Crippen LogP contribution in [0.5, 0.6) is 0 Å². The Balaban J connectivity index is 3.01. The molecule has 0 aliphatic carbocycles. The maximum atomic E-state index is 11.1. The average molecular weight is 257 g/mol. The van der Waals surface area contributed by atoms with E-state index in [9.17, 15) is 15.0 Å². The number of rotatable bonds is 4. The van der Waals surface area contributed by atoms with Crippen molar-refractivity contribution >= 4 is 5.97 Å². The van der Waals surface area contributed by atoms with E-state index in [1.165, 1.54) is 0 Å². The zero-order valence-corrected chi connectivity index (χ0v) is 12.1. The molecular formula is C14H25O4-. The number of aliphatic hydroxyl groups is 1. The Hall–Kier alpha value is -0.610. The zero-order valence-electron chi connectivity index (χ0n) is 12.1. The Labute approximate surface area is 109 Å². The van der Waals surface area contributed by atoms with Crippen LogP contribution in [-0.2, 0) is 9.53 Å². The van der Waals surface area contributed by atoms with Crippen molar-refractivity contribution < 1.29 is 19.7 Å². The van der Waals surface area contributed by atoms with Gasteiger partial charge in [0.05, 0.1) is 16.8 Å². The first kappa shape index (κ1) is 15.4. The van der Waals surface area contributed by atoms with E-state index < -0.39 is 28.7 Å². The minimum atomic E-state index is -1.07. The first-order valence-electron chi connectivity index (χ1n) is 6.75. The molecule has 4 heteroatoms. The van der Waals surface area contributed by atoms with Crippen LogP contribution in [0.15, 0.2) is 0 Å². The summed E-state index contributed by atoms with van der Waals surface area (Å²) in [6.07, 6.45) is 2.19. The van der Waals surface area contributed by atoms with Gasteiger partial charge in [-0.15, -0.1) is 0 Å². The molecule has 1 saturated heterocycles. The smallest absolute Gasteiger partial charge is 0.0947 e. The van der Waals surface area contributed by atoms with Crippen molar-refractivity contribution in [2.24, 2.45) is 5.92 Å². The Morgan fingerprint density at radius 1 is 1.39 bits per heavy atom. The lowest BCUT2D eigenvalue weighted by atomic mass is 9.70. The predicted octanol–water partition coefficient (Wildman–Crippen LogP) is 1.25. The summed E-state index contributed by atoms with van der Waals surface area (Å²) in [5, 5.41) is 21.8. The quantitative estimate of drug-likeness (QED) is 0.823. The van der Waals surface area contributed by atoms with Crippen molar-refractivity contribution in [3.63, 3.8) is 0 Å². The summed E-state index contributed by atoms with van der Waals surface area (Å²) in [7, 11) is 0. The van der Waals surface area contributed by atoms with Gasteiger partial charge in [-0.1, -0.05) is 13.8 Å². The first-order chi connectivity index (χ1) is 8.12. The molecule has 0 aromatic carbocycles. The largest absolute Gasteiger partial charge is 0.550 e. The molecule has 0 amide bonds. The topological polar surface area (TPSA) is 69.6 Å². The second-order valence-corrected chi connectivity index (χ2v) is 6.09. The molecule has 0 aromatic heterocycles. The summed E-state index contributed by atoms with van der Waals surface area (Å²) in [6, 6.07) is 0. The zero-order chi connectivity index (χ0) is 14.2. The number of hydrogen-bond acceptors (Lipinski definition) is 4. The number of carbonyl (C=O) groups is 1. The molecule has 1 fully saturated rings. The lowest BCUT2D eigenvalue weighted by Gasteiger charge is -2.54. The van der Waals surface area contributed by atoms with E-state index in [1.54, 1.807) is 13.8 Å². The molecule has 0 saturated carbocycles. The van der Waals surface area contributed by atoms with Crippen molar-refractivity contribution in [2.45, 2.75) is 77.1 Å². The lowest BCUT2D eigenvalue weighted by Crippen LogP contribution is -2.63. The summed E-state index contributed by atoms with van der Waals surface area (Å²) in [5.74, 6) is -1.69. The van der Waals surface area contributed by atoms with Gasteiger partial charge in [0.2, 0.25) is 0 Å².